The lowest BCUT2D eigenvalue weighted by molar-refractivity contribution is -0.130. The number of rotatable bonds is 3. The Labute approximate surface area is 202 Å². The molecule has 8 atom stereocenters. The lowest BCUT2D eigenvalue weighted by Crippen LogP contribution is -2.47. The molecule has 1 aromatic carbocycles. The second-order valence-electron chi connectivity index (χ2n) is 12.7. The molecule has 0 spiro atoms. The first kappa shape index (κ1) is 22.7. The van der Waals surface area contributed by atoms with E-state index in [4.69, 9.17) is 0 Å². The van der Waals surface area contributed by atoms with Crippen molar-refractivity contribution in [1.29, 1.82) is 0 Å². The van der Waals surface area contributed by atoms with Crippen LogP contribution >= 0.6 is 0 Å². The molecule has 0 unspecified atom stereocenters. The summed E-state index contributed by atoms with van der Waals surface area (Å²) < 4.78 is 15.3. The summed E-state index contributed by atoms with van der Waals surface area (Å²) in [5.41, 5.74) is 0.361. The van der Waals surface area contributed by atoms with Gasteiger partial charge in [0.05, 0.1) is 17.7 Å². The first-order valence-corrected chi connectivity index (χ1v) is 13.6. The van der Waals surface area contributed by atoms with Crippen LogP contribution in [0.3, 0.4) is 0 Å². The highest BCUT2D eigenvalue weighted by Crippen LogP contribution is 2.63. The second kappa shape index (κ2) is 8.15. The number of nitrogens with zero attached hydrogens (tertiary/aromatic N) is 2. The number of aromatic nitrogens is 2. The van der Waals surface area contributed by atoms with Gasteiger partial charge >= 0.3 is 0 Å². The molecule has 2 aromatic rings. The Morgan fingerprint density at radius 3 is 2.76 bits per heavy atom. The zero-order valence-electron chi connectivity index (χ0n) is 20.7. The minimum atomic E-state index is -0.474. The summed E-state index contributed by atoms with van der Waals surface area (Å²) in [7, 11) is 0. The molecule has 5 heteroatoms. The number of hydrogen-bond donors (Lipinski definition) is 1. The van der Waals surface area contributed by atoms with Crippen molar-refractivity contribution in [3.63, 3.8) is 0 Å². The van der Waals surface area contributed by atoms with Gasteiger partial charge in [0, 0.05) is 17.5 Å². The number of carbonyl (C=O) groups excluding carboxylic acids is 1. The van der Waals surface area contributed by atoms with Crippen molar-refractivity contribution < 1.29 is 14.3 Å². The van der Waals surface area contributed by atoms with Crippen molar-refractivity contribution in [2.75, 3.05) is 0 Å². The molecule has 1 N–H and O–H groups in total. The number of benzene rings is 1. The highest BCUT2D eigenvalue weighted by Gasteiger charge is 2.57. The van der Waals surface area contributed by atoms with Gasteiger partial charge in [-0.1, -0.05) is 19.8 Å². The molecular formula is C29H39FN2O2. The van der Waals surface area contributed by atoms with Crippen LogP contribution < -0.4 is 0 Å². The molecule has 34 heavy (non-hydrogen) atoms. The average Bonchev–Trinajstić information content (AvgIpc) is 3.27. The Balaban J connectivity index is 1.20. The summed E-state index contributed by atoms with van der Waals surface area (Å²) in [6.07, 6.45) is 13.3. The molecule has 184 valence electrons. The zero-order valence-corrected chi connectivity index (χ0v) is 20.7. The molecular weight excluding hydrogens is 427 g/mol. The summed E-state index contributed by atoms with van der Waals surface area (Å²) in [6, 6.07) is 4.60. The highest BCUT2D eigenvalue weighted by molar-refractivity contribution is 5.83. The number of halogens is 1. The van der Waals surface area contributed by atoms with Crippen molar-refractivity contribution in [2.45, 2.75) is 90.2 Å². The molecule has 1 aromatic heterocycles. The third-order valence-electron chi connectivity index (χ3n) is 10.7. The lowest BCUT2D eigenvalue weighted by Gasteiger charge is -2.52. The number of aliphatic hydroxyl groups is 1. The van der Waals surface area contributed by atoms with Crippen molar-refractivity contribution in [1.82, 2.24) is 9.78 Å². The van der Waals surface area contributed by atoms with Crippen LogP contribution in [0, 0.1) is 46.7 Å². The van der Waals surface area contributed by atoms with Crippen molar-refractivity contribution >= 4 is 16.7 Å². The largest absolute Gasteiger partial charge is 0.390 e. The van der Waals surface area contributed by atoms with E-state index in [2.05, 4.69) is 12.0 Å². The Kier molecular flexibility index (Phi) is 5.44. The molecule has 0 amide bonds. The molecule has 0 radical (unpaired) electrons. The predicted molar refractivity (Wildman–Crippen MR) is 131 cm³/mol. The number of fused-ring (bicyclic) bond motifs is 6. The minimum absolute atomic E-state index is 0.0942. The second-order valence-corrected chi connectivity index (χ2v) is 12.7. The third kappa shape index (κ3) is 3.73. The van der Waals surface area contributed by atoms with Crippen molar-refractivity contribution in [2.24, 2.45) is 40.9 Å². The lowest BCUT2D eigenvalue weighted by atomic mass is 9.53. The topological polar surface area (TPSA) is 55.1 Å². The van der Waals surface area contributed by atoms with E-state index >= 15 is 0 Å². The summed E-state index contributed by atoms with van der Waals surface area (Å²) >= 11 is 0. The molecule has 4 nitrogen and oxygen atoms in total. The standard InChI is InChI=1S/C29H39FN2O2/c1-28(34)12-10-21-18(15-28)4-3-5-23-22(21)11-13-29(2)24(23)7-8-25(29)27(33)17-32-16-19-14-20(30)6-9-26(19)31-32/h6,9,14,16,18,21-25,34H,3-5,7-8,10-13,15,17H2,1-2H3/t18-,21+,22-,23+,24+,25-,28-,29+/m1/s1. The molecule has 4 aliphatic carbocycles. The van der Waals surface area contributed by atoms with Crippen LogP contribution in [0.25, 0.3) is 10.9 Å². The van der Waals surface area contributed by atoms with Crippen LogP contribution in [-0.4, -0.2) is 26.3 Å². The highest BCUT2D eigenvalue weighted by atomic mass is 19.1. The fourth-order valence-corrected chi connectivity index (χ4v) is 9.22. The molecule has 0 saturated heterocycles. The maximum absolute atomic E-state index is 13.6. The Bertz CT molecular complexity index is 1090. The van der Waals surface area contributed by atoms with E-state index in [-0.39, 0.29) is 23.7 Å². The quantitative estimate of drug-likeness (QED) is 0.590. The zero-order chi connectivity index (χ0) is 23.7. The van der Waals surface area contributed by atoms with E-state index in [1.54, 1.807) is 10.7 Å². The van der Waals surface area contributed by atoms with Crippen LogP contribution in [0.2, 0.25) is 0 Å². The number of Topliss-reactive ketones (excluding diaryl/α,β-unsaturated/α-hetero) is 1. The fraction of sp³-hybridized carbons (Fsp3) is 0.724. The third-order valence-corrected chi connectivity index (χ3v) is 10.7. The smallest absolute Gasteiger partial charge is 0.157 e. The van der Waals surface area contributed by atoms with E-state index in [1.165, 1.54) is 50.7 Å². The Morgan fingerprint density at radius 1 is 1.09 bits per heavy atom. The van der Waals surface area contributed by atoms with Crippen LogP contribution in [0.5, 0.6) is 0 Å². The molecule has 0 aliphatic heterocycles. The van der Waals surface area contributed by atoms with Crippen LogP contribution in [0.1, 0.15) is 78.1 Å². The van der Waals surface area contributed by atoms with Gasteiger partial charge in [-0.25, -0.2) is 4.39 Å². The van der Waals surface area contributed by atoms with E-state index in [9.17, 15) is 14.3 Å². The normalized spacial score (nSPS) is 42.0. The van der Waals surface area contributed by atoms with Gasteiger partial charge in [0.2, 0.25) is 0 Å². The SMILES string of the molecule is C[C@@]1(O)CC[C@H]2[C@H](CCC[C@H]3[C@@H]2CC[C@]2(C)[C@@H](C(=O)Cn4cc5cc(F)ccc5n4)CC[C@@H]32)C1. The first-order chi connectivity index (χ1) is 16.2. The number of ketones is 1. The van der Waals surface area contributed by atoms with E-state index in [0.717, 1.165) is 54.3 Å². The minimum Gasteiger partial charge on any atom is -0.390 e. The summed E-state index contributed by atoms with van der Waals surface area (Å²) in [5.74, 6) is 3.75. The number of carbonyl (C=O) groups is 1. The first-order valence-electron chi connectivity index (χ1n) is 13.6. The number of hydrogen-bond acceptors (Lipinski definition) is 3. The van der Waals surface area contributed by atoms with Gasteiger partial charge in [0.15, 0.2) is 5.78 Å². The van der Waals surface area contributed by atoms with Gasteiger partial charge in [-0.2, -0.15) is 5.10 Å². The van der Waals surface area contributed by atoms with Gasteiger partial charge in [-0.3, -0.25) is 9.48 Å². The molecule has 6 rings (SSSR count). The monoisotopic (exact) mass is 466 g/mol. The van der Waals surface area contributed by atoms with Crippen LogP contribution in [-0.2, 0) is 11.3 Å². The van der Waals surface area contributed by atoms with Gasteiger partial charge < -0.3 is 5.11 Å². The molecule has 4 fully saturated rings. The molecule has 4 saturated carbocycles. The predicted octanol–water partition coefficient (Wildman–Crippen LogP) is 6.15. The average molecular weight is 467 g/mol. The van der Waals surface area contributed by atoms with E-state index in [1.807, 2.05) is 13.1 Å². The van der Waals surface area contributed by atoms with Gasteiger partial charge in [0.1, 0.15) is 5.82 Å². The Morgan fingerprint density at radius 2 is 1.91 bits per heavy atom. The van der Waals surface area contributed by atoms with Gasteiger partial charge in [-0.05, 0) is 111 Å². The van der Waals surface area contributed by atoms with Gasteiger partial charge in [-0.15, -0.1) is 0 Å². The van der Waals surface area contributed by atoms with E-state index < -0.39 is 5.60 Å². The maximum Gasteiger partial charge on any atom is 0.157 e. The molecule has 0 bridgehead atoms. The van der Waals surface area contributed by atoms with Gasteiger partial charge in [0.25, 0.3) is 0 Å². The maximum atomic E-state index is 13.6. The molecule has 4 aliphatic rings. The van der Waals surface area contributed by atoms with E-state index in [0.29, 0.717) is 17.6 Å². The fourth-order valence-electron chi connectivity index (χ4n) is 9.22. The van der Waals surface area contributed by atoms with Crippen LogP contribution in [0.4, 0.5) is 4.39 Å². The van der Waals surface area contributed by atoms with Crippen molar-refractivity contribution in [3.05, 3.63) is 30.2 Å². The summed E-state index contributed by atoms with van der Waals surface area (Å²) in [6.45, 7) is 4.74. The summed E-state index contributed by atoms with van der Waals surface area (Å²) in [5, 5.41) is 16.0. The summed E-state index contributed by atoms with van der Waals surface area (Å²) in [4.78, 5) is 13.6. The molecule has 1 heterocycles. The van der Waals surface area contributed by atoms with Crippen molar-refractivity contribution in [3.8, 4) is 0 Å². The van der Waals surface area contributed by atoms with Crippen LogP contribution in [0.15, 0.2) is 24.4 Å². The Hall–Kier alpha value is -1.75.